The number of para-hydroxylation sites is 1. The van der Waals surface area contributed by atoms with Crippen LogP contribution in [0.25, 0.3) is 23.0 Å². The van der Waals surface area contributed by atoms with Gasteiger partial charge in [0.25, 0.3) is 5.91 Å². The number of hydrogen-bond acceptors (Lipinski definition) is 4. The Morgan fingerprint density at radius 1 is 0.917 bits per heavy atom. The maximum absolute atomic E-state index is 13.0. The van der Waals surface area contributed by atoms with Gasteiger partial charge in [-0.15, -0.1) is 0 Å². The zero-order chi connectivity index (χ0) is 24.9. The van der Waals surface area contributed by atoms with Crippen molar-refractivity contribution in [1.29, 1.82) is 0 Å². The zero-order valence-electron chi connectivity index (χ0n) is 19.6. The quantitative estimate of drug-likeness (QED) is 0.214. The fourth-order valence-electron chi connectivity index (χ4n) is 3.87. The number of anilines is 1. The largest absolute Gasteiger partial charge is 0.469 e. The number of ketones is 1. The van der Waals surface area contributed by atoms with E-state index in [0.717, 1.165) is 22.5 Å². The lowest BCUT2D eigenvalue weighted by molar-refractivity contribution is 0.102. The fraction of sp³-hybridized carbons (Fsp3) is 0.0333. The average molecular weight is 474 g/mol. The van der Waals surface area contributed by atoms with Crippen molar-refractivity contribution < 1.29 is 14.0 Å². The van der Waals surface area contributed by atoms with Gasteiger partial charge in [0.1, 0.15) is 5.76 Å². The first-order chi connectivity index (χ1) is 17.6. The standard InChI is InChI=1S/C30H23N3O3/c1-21-27(17-18-36-21)30(35)31-25-12-8-11-23(19-25)28(34)16-15-24-20-33(26-13-6-3-7-14-26)32-29(24)22-9-4-2-5-10-22/h2-20H,1H3,(H,31,35)/b16-15+. The molecule has 0 unspecified atom stereocenters. The summed E-state index contributed by atoms with van der Waals surface area (Å²) in [6.45, 7) is 1.73. The van der Waals surface area contributed by atoms with Gasteiger partial charge >= 0.3 is 0 Å². The monoisotopic (exact) mass is 473 g/mol. The number of amides is 1. The van der Waals surface area contributed by atoms with Gasteiger partial charge in [-0.2, -0.15) is 5.10 Å². The molecule has 1 N–H and O–H groups in total. The second kappa shape index (κ2) is 10.1. The summed E-state index contributed by atoms with van der Waals surface area (Å²) in [4.78, 5) is 25.5. The molecule has 0 aliphatic heterocycles. The molecule has 0 atom stereocenters. The maximum Gasteiger partial charge on any atom is 0.259 e. The van der Waals surface area contributed by atoms with Crippen LogP contribution in [0, 0.1) is 6.92 Å². The highest BCUT2D eigenvalue weighted by Crippen LogP contribution is 2.25. The minimum absolute atomic E-state index is 0.183. The summed E-state index contributed by atoms with van der Waals surface area (Å²) >= 11 is 0. The second-order valence-corrected chi connectivity index (χ2v) is 8.20. The van der Waals surface area contributed by atoms with Crippen LogP contribution in [0.1, 0.15) is 32.0 Å². The summed E-state index contributed by atoms with van der Waals surface area (Å²) in [5.41, 5.74) is 4.93. The lowest BCUT2D eigenvalue weighted by Crippen LogP contribution is -2.12. The summed E-state index contributed by atoms with van der Waals surface area (Å²) in [6.07, 6.45) is 6.68. The van der Waals surface area contributed by atoms with E-state index in [0.29, 0.717) is 22.6 Å². The lowest BCUT2D eigenvalue weighted by atomic mass is 10.1. The SMILES string of the molecule is Cc1occc1C(=O)Nc1cccc(C(=O)/C=C/c2cn(-c3ccccc3)nc2-c2ccccc2)c1. The van der Waals surface area contributed by atoms with Gasteiger partial charge in [0.2, 0.25) is 0 Å². The Kier molecular flexibility index (Phi) is 6.40. The summed E-state index contributed by atoms with van der Waals surface area (Å²) in [7, 11) is 0. The molecule has 36 heavy (non-hydrogen) atoms. The Labute approximate surface area is 208 Å². The summed E-state index contributed by atoms with van der Waals surface area (Å²) in [6, 6.07) is 28.1. The number of carbonyl (C=O) groups is 2. The van der Waals surface area contributed by atoms with E-state index in [4.69, 9.17) is 9.52 Å². The minimum Gasteiger partial charge on any atom is -0.469 e. The number of nitrogens with one attached hydrogen (secondary N) is 1. The van der Waals surface area contributed by atoms with E-state index >= 15 is 0 Å². The minimum atomic E-state index is -0.290. The molecule has 0 aliphatic rings. The van der Waals surface area contributed by atoms with Gasteiger partial charge in [-0.3, -0.25) is 9.59 Å². The van der Waals surface area contributed by atoms with Crippen LogP contribution < -0.4 is 5.32 Å². The molecule has 0 aliphatic carbocycles. The van der Waals surface area contributed by atoms with Gasteiger partial charge in [-0.05, 0) is 49.4 Å². The molecule has 6 heteroatoms. The number of carbonyl (C=O) groups excluding carboxylic acids is 2. The summed E-state index contributed by atoms with van der Waals surface area (Å²) < 4.78 is 7.01. The fourth-order valence-corrected chi connectivity index (χ4v) is 3.87. The number of hydrogen-bond donors (Lipinski definition) is 1. The van der Waals surface area contributed by atoms with Crippen LogP contribution in [0.2, 0.25) is 0 Å². The second-order valence-electron chi connectivity index (χ2n) is 8.20. The van der Waals surface area contributed by atoms with E-state index in [1.165, 1.54) is 12.3 Å². The first-order valence-corrected chi connectivity index (χ1v) is 11.5. The molecule has 0 fully saturated rings. The van der Waals surface area contributed by atoms with Gasteiger partial charge in [-0.25, -0.2) is 4.68 Å². The predicted molar refractivity (Wildman–Crippen MR) is 140 cm³/mol. The maximum atomic E-state index is 13.0. The van der Waals surface area contributed by atoms with Gasteiger partial charge in [0, 0.05) is 28.6 Å². The van der Waals surface area contributed by atoms with Gasteiger partial charge in [0.15, 0.2) is 5.78 Å². The molecule has 0 saturated carbocycles. The van der Waals surface area contributed by atoms with Crippen LogP contribution in [-0.4, -0.2) is 21.5 Å². The number of nitrogens with zero attached hydrogens (tertiary/aromatic N) is 2. The van der Waals surface area contributed by atoms with E-state index in [1.807, 2.05) is 66.9 Å². The molecule has 0 bridgehead atoms. The molecule has 176 valence electrons. The van der Waals surface area contributed by atoms with E-state index in [9.17, 15) is 9.59 Å². The van der Waals surface area contributed by atoms with Crippen molar-refractivity contribution >= 4 is 23.5 Å². The molecule has 3 aromatic carbocycles. The van der Waals surface area contributed by atoms with Gasteiger partial charge < -0.3 is 9.73 Å². The Hall–Kier alpha value is -4.97. The first kappa shape index (κ1) is 22.8. The van der Waals surface area contributed by atoms with Gasteiger partial charge in [-0.1, -0.05) is 60.7 Å². The Morgan fingerprint density at radius 2 is 1.67 bits per heavy atom. The van der Waals surface area contributed by atoms with Crippen molar-refractivity contribution in [3.8, 4) is 16.9 Å². The van der Waals surface area contributed by atoms with E-state index in [2.05, 4.69) is 5.32 Å². The van der Waals surface area contributed by atoms with Crippen molar-refractivity contribution in [2.75, 3.05) is 5.32 Å². The van der Waals surface area contributed by atoms with Crippen LogP contribution in [0.3, 0.4) is 0 Å². The van der Waals surface area contributed by atoms with Crippen LogP contribution in [-0.2, 0) is 0 Å². The molecule has 5 rings (SSSR count). The van der Waals surface area contributed by atoms with Crippen molar-refractivity contribution in [1.82, 2.24) is 9.78 Å². The summed E-state index contributed by atoms with van der Waals surface area (Å²) in [5, 5.41) is 7.60. The van der Waals surface area contributed by atoms with Gasteiger partial charge in [0.05, 0.1) is 23.2 Å². The number of furan rings is 1. The number of aromatic nitrogens is 2. The highest BCUT2D eigenvalue weighted by atomic mass is 16.3. The van der Waals surface area contributed by atoms with Crippen LogP contribution in [0.5, 0.6) is 0 Å². The molecular formula is C30H23N3O3. The van der Waals surface area contributed by atoms with Crippen LogP contribution >= 0.6 is 0 Å². The molecule has 2 heterocycles. The Bertz CT molecular complexity index is 1550. The Balaban J connectivity index is 1.40. The third-order valence-corrected chi connectivity index (χ3v) is 5.73. The molecule has 5 aromatic rings. The highest BCUT2D eigenvalue weighted by molar-refractivity contribution is 6.09. The highest BCUT2D eigenvalue weighted by Gasteiger charge is 2.13. The van der Waals surface area contributed by atoms with E-state index in [1.54, 1.807) is 48.0 Å². The first-order valence-electron chi connectivity index (χ1n) is 11.5. The molecular weight excluding hydrogens is 450 g/mol. The van der Waals surface area contributed by atoms with Crippen molar-refractivity contribution in [3.63, 3.8) is 0 Å². The van der Waals surface area contributed by atoms with Crippen molar-refractivity contribution in [2.45, 2.75) is 6.92 Å². The lowest BCUT2D eigenvalue weighted by Gasteiger charge is -2.06. The van der Waals surface area contributed by atoms with E-state index < -0.39 is 0 Å². The number of benzene rings is 3. The average Bonchev–Trinajstić information content (AvgIpc) is 3.55. The summed E-state index contributed by atoms with van der Waals surface area (Å²) in [5.74, 6) is 0.0622. The molecule has 0 saturated heterocycles. The zero-order valence-corrected chi connectivity index (χ0v) is 19.6. The van der Waals surface area contributed by atoms with Crippen molar-refractivity contribution in [2.24, 2.45) is 0 Å². The normalized spacial score (nSPS) is 11.0. The molecule has 6 nitrogen and oxygen atoms in total. The molecule has 0 spiro atoms. The number of allylic oxidation sites excluding steroid dienone is 1. The van der Waals surface area contributed by atoms with Crippen molar-refractivity contribution in [3.05, 3.63) is 132 Å². The smallest absolute Gasteiger partial charge is 0.259 e. The predicted octanol–water partition coefficient (Wildman–Crippen LogP) is 6.59. The molecule has 1 amide bonds. The number of rotatable bonds is 7. The molecule has 0 radical (unpaired) electrons. The Morgan fingerprint density at radius 3 is 2.39 bits per heavy atom. The molecule has 2 aromatic heterocycles. The van der Waals surface area contributed by atoms with E-state index in [-0.39, 0.29) is 11.7 Å². The third-order valence-electron chi connectivity index (χ3n) is 5.73. The number of aryl methyl sites for hydroxylation is 1. The topological polar surface area (TPSA) is 77.1 Å². The van der Waals surface area contributed by atoms with Crippen LogP contribution in [0.15, 0.2) is 114 Å². The third kappa shape index (κ3) is 4.93. The van der Waals surface area contributed by atoms with Crippen LogP contribution in [0.4, 0.5) is 5.69 Å².